The molecule has 2 aliphatic carbocycles. The summed E-state index contributed by atoms with van der Waals surface area (Å²) < 4.78 is 0. The lowest BCUT2D eigenvalue weighted by Crippen LogP contribution is -2.19. The molecule has 2 aliphatic rings. The number of hydrogen-bond acceptors (Lipinski definition) is 0. The summed E-state index contributed by atoms with van der Waals surface area (Å²) in [4.78, 5) is 0. The zero-order chi connectivity index (χ0) is 45.9. The van der Waals surface area contributed by atoms with Crippen LogP contribution in [-0.2, 0) is 0 Å². The van der Waals surface area contributed by atoms with Crippen LogP contribution in [0.1, 0.15) is 224 Å². The van der Waals surface area contributed by atoms with Gasteiger partial charge in [-0.15, -0.1) is 0 Å². The third-order valence-corrected chi connectivity index (χ3v) is 8.88. The van der Waals surface area contributed by atoms with Crippen LogP contribution in [0.25, 0.3) is 0 Å². The summed E-state index contributed by atoms with van der Waals surface area (Å²) in [5.41, 5.74) is 11.7. The second-order valence-electron chi connectivity index (χ2n) is 15.0. The molecule has 332 valence electrons. The molecule has 0 nitrogen and oxygen atoms in total. The zero-order valence-corrected chi connectivity index (χ0v) is 43.4. The highest BCUT2D eigenvalue weighted by Gasteiger charge is 2.27. The summed E-state index contributed by atoms with van der Waals surface area (Å²) in [6.45, 7) is 51.3. The van der Waals surface area contributed by atoms with E-state index in [-0.39, 0.29) is 0 Å². The van der Waals surface area contributed by atoms with Crippen molar-refractivity contribution in [2.45, 2.75) is 224 Å². The zero-order valence-electron chi connectivity index (χ0n) is 43.4. The highest BCUT2D eigenvalue weighted by molar-refractivity contribution is 5.39. The Kier molecular flexibility index (Phi) is 53.1. The highest BCUT2D eigenvalue weighted by Crippen LogP contribution is 2.41. The van der Waals surface area contributed by atoms with Gasteiger partial charge in [-0.1, -0.05) is 262 Å². The Balaban J connectivity index is -0.000000331. The third-order valence-electron chi connectivity index (χ3n) is 8.88. The molecule has 0 fully saturated rings. The average Bonchev–Trinajstić information content (AvgIpc) is 3.20. The fourth-order valence-electron chi connectivity index (χ4n) is 5.79. The molecule has 0 heteroatoms. The quantitative estimate of drug-likeness (QED) is 0.183. The molecule has 0 aliphatic heterocycles. The molecule has 57 heavy (non-hydrogen) atoms. The minimum absolute atomic E-state index is 0.291. The van der Waals surface area contributed by atoms with Gasteiger partial charge in [0.15, 0.2) is 0 Å². The van der Waals surface area contributed by atoms with Gasteiger partial charge in [0.1, 0.15) is 0 Å². The van der Waals surface area contributed by atoms with Gasteiger partial charge >= 0.3 is 0 Å². The van der Waals surface area contributed by atoms with Crippen molar-refractivity contribution in [2.75, 3.05) is 0 Å². The summed E-state index contributed by atoms with van der Waals surface area (Å²) >= 11 is 0. The molecule has 0 saturated heterocycles. The largest absolute Gasteiger partial charge is 0.0696 e. The monoisotopic (exact) mass is 789 g/mol. The van der Waals surface area contributed by atoms with Crippen molar-refractivity contribution in [1.29, 1.82) is 0 Å². The Labute approximate surface area is 363 Å². The smallest absolute Gasteiger partial charge is 0.0104 e. The van der Waals surface area contributed by atoms with Gasteiger partial charge in [0.05, 0.1) is 0 Å². The first-order valence-electron chi connectivity index (χ1n) is 23.6. The van der Waals surface area contributed by atoms with Crippen LogP contribution in [0.2, 0.25) is 0 Å². The van der Waals surface area contributed by atoms with Gasteiger partial charge in [-0.3, -0.25) is 0 Å². The van der Waals surface area contributed by atoms with Gasteiger partial charge in [0.25, 0.3) is 0 Å². The summed E-state index contributed by atoms with van der Waals surface area (Å²) in [5, 5.41) is 0. The minimum atomic E-state index is 0.291. The Morgan fingerprint density at radius 2 is 0.684 bits per heavy atom. The highest BCUT2D eigenvalue weighted by atomic mass is 14.3. The van der Waals surface area contributed by atoms with Crippen molar-refractivity contribution >= 4 is 0 Å². The molecule has 0 aromatic rings. The maximum atomic E-state index is 2.37. The van der Waals surface area contributed by atoms with Crippen LogP contribution < -0.4 is 0 Å². The van der Waals surface area contributed by atoms with E-state index < -0.39 is 0 Å². The van der Waals surface area contributed by atoms with Crippen LogP contribution in [-0.4, -0.2) is 0 Å². The molecule has 0 spiro atoms. The van der Waals surface area contributed by atoms with E-state index in [1.807, 2.05) is 69.2 Å². The predicted octanol–water partition coefficient (Wildman–Crippen LogP) is 21.0. The summed E-state index contributed by atoms with van der Waals surface area (Å²) in [6, 6.07) is 0. The van der Waals surface area contributed by atoms with Crippen LogP contribution in [0.4, 0.5) is 0 Å². The Morgan fingerprint density at radius 1 is 0.439 bits per heavy atom. The van der Waals surface area contributed by atoms with Crippen molar-refractivity contribution in [2.24, 2.45) is 10.8 Å². The van der Waals surface area contributed by atoms with Crippen LogP contribution >= 0.6 is 0 Å². The van der Waals surface area contributed by atoms with Gasteiger partial charge in [-0.25, -0.2) is 0 Å². The standard InChI is InChI=1S/C40H56.C4H10.C3H8.5C2H6/c1-31(19-13-21-33(3)25-27-37-35(5)23-15-29-39(37,7)8)17-11-12-18-32(2)20-14-22-34(4)26-28-38-36(6)24-16-30-40(38,9)10;1-3-4-2;1-3-2;5*1-2/h11-14,17-22,25-28H,15-16,23-24,29-30H2,1-10H3;3-4H2,1-2H3;3H2,1-2H3;5*1-2H3/b12-11+,19-13+,20-14+,27-25+,28-26+,31-17+,32-18+,33-21+,34-22+;;;;;;;. The van der Waals surface area contributed by atoms with E-state index in [2.05, 4.69) is 182 Å². The predicted molar refractivity (Wildman–Crippen MR) is 275 cm³/mol. The molecule has 2 rings (SSSR count). The van der Waals surface area contributed by atoms with E-state index in [0.29, 0.717) is 10.8 Å². The number of hydrogen-bond donors (Lipinski definition) is 0. The molecular formula is C57H104. The van der Waals surface area contributed by atoms with Crippen molar-refractivity contribution < 1.29 is 0 Å². The van der Waals surface area contributed by atoms with Gasteiger partial charge in [-0.2, -0.15) is 0 Å². The first-order valence-corrected chi connectivity index (χ1v) is 23.6. The Hall–Kier alpha value is -2.86. The molecule has 0 aromatic heterocycles. The molecule has 0 aromatic carbocycles. The van der Waals surface area contributed by atoms with Crippen LogP contribution in [0.3, 0.4) is 0 Å². The van der Waals surface area contributed by atoms with Crippen molar-refractivity contribution in [3.63, 3.8) is 0 Å². The molecule has 0 bridgehead atoms. The second-order valence-corrected chi connectivity index (χ2v) is 15.0. The van der Waals surface area contributed by atoms with Crippen LogP contribution in [0.5, 0.6) is 0 Å². The second kappa shape index (κ2) is 45.8. The molecule has 0 unspecified atom stereocenters. The number of allylic oxidation sites excluding steroid dienone is 22. The fraction of sp³-hybridized carbons (Fsp3) is 0.614. The van der Waals surface area contributed by atoms with Crippen LogP contribution in [0, 0.1) is 10.8 Å². The molecule has 0 saturated carbocycles. The summed E-state index contributed by atoms with van der Waals surface area (Å²) in [6.07, 6.45) is 42.3. The number of unbranched alkanes of at least 4 members (excludes halogenated alkanes) is 1. The normalized spacial score (nSPS) is 16.8. The first-order chi connectivity index (χ1) is 27.1. The fourth-order valence-corrected chi connectivity index (χ4v) is 5.79. The SMILES string of the molecule is CC.CC.CC.CC.CC.CC1=C(/C=C/C(C)=C/C=C/C(C)=C/C=C/C=C(C)/C=C/C=C(C)/C=C/C2=C(C)CCCC2(C)C)C(C)(C)CCC1.CCC.CCCC. The number of rotatable bonds is 11. The lowest BCUT2D eigenvalue weighted by atomic mass is 9.72. The Bertz CT molecular complexity index is 1160. The summed E-state index contributed by atoms with van der Waals surface area (Å²) in [7, 11) is 0. The van der Waals surface area contributed by atoms with Gasteiger partial charge < -0.3 is 0 Å². The molecule has 0 atom stereocenters. The summed E-state index contributed by atoms with van der Waals surface area (Å²) in [5.74, 6) is 0. The molecular weight excluding hydrogens is 685 g/mol. The maximum absolute atomic E-state index is 2.37. The van der Waals surface area contributed by atoms with E-state index >= 15 is 0 Å². The molecule has 0 heterocycles. The van der Waals surface area contributed by atoms with Crippen LogP contribution in [0.15, 0.2) is 130 Å². The van der Waals surface area contributed by atoms with Crippen molar-refractivity contribution in [1.82, 2.24) is 0 Å². The lowest BCUT2D eigenvalue weighted by molar-refractivity contribution is 0.376. The third kappa shape index (κ3) is 37.2. The van der Waals surface area contributed by atoms with Crippen molar-refractivity contribution in [3.05, 3.63) is 130 Å². The van der Waals surface area contributed by atoms with Gasteiger partial charge in [0, 0.05) is 0 Å². The topological polar surface area (TPSA) is 0 Å². The average molecular weight is 789 g/mol. The van der Waals surface area contributed by atoms with E-state index in [4.69, 9.17) is 0 Å². The van der Waals surface area contributed by atoms with E-state index in [9.17, 15) is 0 Å². The van der Waals surface area contributed by atoms with Gasteiger partial charge in [0.2, 0.25) is 0 Å². The molecule has 0 N–H and O–H groups in total. The van der Waals surface area contributed by atoms with E-state index in [1.165, 1.54) is 91.2 Å². The van der Waals surface area contributed by atoms with E-state index in [0.717, 1.165) is 0 Å². The first kappa shape index (κ1) is 66.0. The molecule has 0 radical (unpaired) electrons. The Morgan fingerprint density at radius 3 is 0.930 bits per heavy atom. The van der Waals surface area contributed by atoms with Gasteiger partial charge in [-0.05, 0) is 102 Å². The lowest BCUT2D eigenvalue weighted by Gasteiger charge is -2.33. The maximum Gasteiger partial charge on any atom is -0.0104 e. The minimum Gasteiger partial charge on any atom is -0.0696 e. The van der Waals surface area contributed by atoms with E-state index in [1.54, 1.807) is 11.1 Å². The molecule has 0 amide bonds. The van der Waals surface area contributed by atoms with Crippen molar-refractivity contribution in [3.8, 4) is 0 Å².